The predicted molar refractivity (Wildman–Crippen MR) is 78.8 cm³/mol. The minimum absolute atomic E-state index is 0.248. The smallest absolute Gasteiger partial charge is 0.0672 e. The first-order valence-corrected chi connectivity index (χ1v) is 8.12. The van der Waals surface area contributed by atoms with E-state index in [-0.39, 0.29) is 5.92 Å². The van der Waals surface area contributed by atoms with E-state index < -0.39 is 0 Å². The lowest BCUT2D eigenvalue weighted by atomic mass is 9.90. The number of hydrogen-bond donors (Lipinski definition) is 1. The van der Waals surface area contributed by atoms with Gasteiger partial charge in [-0.25, -0.2) is 0 Å². The Morgan fingerprint density at radius 3 is 2.89 bits per heavy atom. The minimum Gasteiger partial charge on any atom is -0.310 e. The summed E-state index contributed by atoms with van der Waals surface area (Å²) in [6.07, 6.45) is 7.44. The second-order valence-electron chi connectivity index (χ2n) is 6.43. The molecular weight excluding hydrogens is 234 g/mol. The Bertz CT molecular complexity index is 308. The van der Waals surface area contributed by atoms with Gasteiger partial charge in [-0.05, 0) is 58.0 Å². The molecule has 1 aliphatic heterocycles. The molecule has 2 aliphatic rings. The molecule has 3 heteroatoms. The molecule has 0 bridgehead atoms. The number of nitrogens with one attached hydrogen (secondary N) is 1. The third-order valence-electron chi connectivity index (χ3n) is 4.95. The van der Waals surface area contributed by atoms with Crippen molar-refractivity contribution in [2.45, 2.75) is 64.5 Å². The van der Waals surface area contributed by atoms with E-state index in [1.54, 1.807) is 0 Å². The van der Waals surface area contributed by atoms with Crippen molar-refractivity contribution in [2.24, 2.45) is 11.8 Å². The van der Waals surface area contributed by atoms with E-state index in [9.17, 15) is 5.26 Å². The number of nitriles is 1. The molecule has 19 heavy (non-hydrogen) atoms. The van der Waals surface area contributed by atoms with Crippen LogP contribution in [0.2, 0.25) is 0 Å². The average Bonchev–Trinajstić information content (AvgIpc) is 2.86. The molecule has 0 amide bonds. The van der Waals surface area contributed by atoms with E-state index in [2.05, 4.69) is 30.1 Å². The molecule has 108 valence electrons. The normalized spacial score (nSPS) is 34.1. The fourth-order valence-corrected chi connectivity index (χ4v) is 3.81. The number of nitrogens with zero attached hydrogens (tertiary/aromatic N) is 2. The molecule has 0 aromatic heterocycles. The molecule has 1 N–H and O–H groups in total. The Labute approximate surface area is 118 Å². The number of rotatable bonds is 5. The zero-order chi connectivity index (χ0) is 13.7. The molecular formula is C16H29N3. The number of likely N-dealkylation sites (tertiary alicyclic amines) is 1. The number of piperidine rings is 1. The van der Waals surface area contributed by atoms with Crippen LogP contribution in [0, 0.1) is 23.2 Å². The van der Waals surface area contributed by atoms with Crippen molar-refractivity contribution in [1.29, 1.82) is 5.26 Å². The lowest BCUT2D eigenvalue weighted by molar-refractivity contribution is 0.145. The maximum absolute atomic E-state index is 9.17. The van der Waals surface area contributed by atoms with Crippen molar-refractivity contribution < 1.29 is 0 Å². The van der Waals surface area contributed by atoms with Gasteiger partial charge in [0.25, 0.3) is 0 Å². The van der Waals surface area contributed by atoms with Gasteiger partial charge in [0.2, 0.25) is 0 Å². The van der Waals surface area contributed by atoms with Gasteiger partial charge in [0.1, 0.15) is 0 Å². The average molecular weight is 263 g/mol. The van der Waals surface area contributed by atoms with Crippen LogP contribution in [0.15, 0.2) is 0 Å². The molecule has 0 aromatic carbocycles. The second-order valence-corrected chi connectivity index (χ2v) is 6.43. The van der Waals surface area contributed by atoms with Gasteiger partial charge >= 0.3 is 0 Å². The molecule has 1 heterocycles. The third kappa shape index (κ3) is 3.94. The molecule has 1 saturated heterocycles. The van der Waals surface area contributed by atoms with Crippen LogP contribution in [0.1, 0.15) is 52.4 Å². The highest BCUT2D eigenvalue weighted by Gasteiger charge is 2.31. The van der Waals surface area contributed by atoms with Gasteiger partial charge in [0.05, 0.1) is 12.0 Å². The summed E-state index contributed by atoms with van der Waals surface area (Å²) < 4.78 is 0. The van der Waals surface area contributed by atoms with Crippen molar-refractivity contribution in [2.75, 3.05) is 19.6 Å². The first kappa shape index (κ1) is 14.8. The van der Waals surface area contributed by atoms with Gasteiger partial charge in [-0.3, -0.25) is 0 Å². The molecule has 1 saturated carbocycles. The largest absolute Gasteiger partial charge is 0.310 e. The summed E-state index contributed by atoms with van der Waals surface area (Å²) in [6, 6.07) is 3.48. The van der Waals surface area contributed by atoms with E-state index in [4.69, 9.17) is 0 Å². The summed E-state index contributed by atoms with van der Waals surface area (Å²) >= 11 is 0. The molecule has 3 nitrogen and oxygen atoms in total. The fraction of sp³-hybridized carbons (Fsp3) is 0.938. The maximum atomic E-state index is 9.17. The van der Waals surface area contributed by atoms with Crippen LogP contribution in [0.25, 0.3) is 0 Å². The van der Waals surface area contributed by atoms with Gasteiger partial charge in [-0.15, -0.1) is 0 Å². The Hall–Kier alpha value is -0.590. The van der Waals surface area contributed by atoms with Gasteiger partial charge in [0, 0.05) is 18.6 Å². The molecule has 1 aliphatic carbocycles. The van der Waals surface area contributed by atoms with Gasteiger partial charge in [-0.2, -0.15) is 5.26 Å². The molecule has 0 radical (unpaired) electrons. The van der Waals surface area contributed by atoms with Crippen LogP contribution in [0.5, 0.6) is 0 Å². The third-order valence-corrected chi connectivity index (χ3v) is 4.95. The van der Waals surface area contributed by atoms with E-state index in [1.165, 1.54) is 51.7 Å². The summed E-state index contributed by atoms with van der Waals surface area (Å²) in [5.41, 5.74) is 0. The van der Waals surface area contributed by atoms with Crippen LogP contribution < -0.4 is 5.32 Å². The van der Waals surface area contributed by atoms with Gasteiger partial charge in [-0.1, -0.05) is 13.3 Å². The molecule has 0 aromatic rings. The second kappa shape index (κ2) is 7.26. The lowest BCUT2D eigenvalue weighted by Gasteiger charge is -2.37. The van der Waals surface area contributed by atoms with E-state index in [0.717, 1.165) is 12.3 Å². The Balaban J connectivity index is 1.82. The highest BCUT2D eigenvalue weighted by Crippen LogP contribution is 2.27. The molecule has 2 rings (SSSR count). The number of hydrogen-bond acceptors (Lipinski definition) is 3. The Morgan fingerprint density at radius 1 is 1.32 bits per heavy atom. The van der Waals surface area contributed by atoms with Crippen LogP contribution in [0.4, 0.5) is 0 Å². The standard InChI is InChI=1S/C16H29N3/c1-3-9-19-10-5-7-15(12-19)13(2)18-16-8-4-6-14(16)11-17/h13-16,18H,3-10,12H2,1-2H3. The van der Waals surface area contributed by atoms with E-state index in [1.807, 2.05) is 0 Å². The summed E-state index contributed by atoms with van der Waals surface area (Å²) in [6.45, 7) is 8.36. The highest BCUT2D eigenvalue weighted by molar-refractivity contribution is 4.98. The first-order valence-electron chi connectivity index (χ1n) is 8.12. The molecule has 0 spiro atoms. The summed E-state index contributed by atoms with van der Waals surface area (Å²) in [5, 5.41) is 12.9. The topological polar surface area (TPSA) is 39.1 Å². The SMILES string of the molecule is CCCN1CCCC(C(C)NC2CCCC2C#N)C1. The highest BCUT2D eigenvalue weighted by atomic mass is 15.1. The Morgan fingerprint density at radius 2 is 2.16 bits per heavy atom. The lowest BCUT2D eigenvalue weighted by Crippen LogP contribution is -2.48. The molecule has 2 fully saturated rings. The zero-order valence-electron chi connectivity index (χ0n) is 12.6. The first-order chi connectivity index (χ1) is 9.24. The summed E-state index contributed by atoms with van der Waals surface area (Å²) in [4.78, 5) is 2.61. The predicted octanol–water partition coefficient (Wildman–Crippen LogP) is 2.78. The van der Waals surface area contributed by atoms with E-state index >= 15 is 0 Å². The fourth-order valence-electron chi connectivity index (χ4n) is 3.81. The summed E-state index contributed by atoms with van der Waals surface area (Å²) in [5.74, 6) is 1.01. The van der Waals surface area contributed by atoms with E-state index in [0.29, 0.717) is 12.1 Å². The van der Waals surface area contributed by atoms with Crippen molar-refractivity contribution in [3.63, 3.8) is 0 Å². The van der Waals surface area contributed by atoms with Crippen molar-refractivity contribution in [3.05, 3.63) is 0 Å². The quantitative estimate of drug-likeness (QED) is 0.829. The van der Waals surface area contributed by atoms with Crippen molar-refractivity contribution in [3.8, 4) is 6.07 Å². The van der Waals surface area contributed by atoms with Crippen LogP contribution >= 0.6 is 0 Å². The van der Waals surface area contributed by atoms with Gasteiger partial charge < -0.3 is 10.2 Å². The summed E-state index contributed by atoms with van der Waals surface area (Å²) in [7, 11) is 0. The monoisotopic (exact) mass is 263 g/mol. The Kier molecular flexibility index (Phi) is 5.66. The van der Waals surface area contributed by atoms with Crippen molar-refractivity contribution in [1.82, 2.24) is 10.2 Å². The van der Waals surface area contributed by atoms with Crippen LogP contribution in [-0.4, -0.2) is 36.6 Å². The van der Waals surface area contributed by atoms with Crippen LogP contribution in [0.3, 0.4) is 0 Å². The molecule has 4 unspecified atom stereocenters. The molecule has 4 atom stereocenters. The van der Waals surface area contributed by atoms with Crippen molar-refractivity contribution >= 4 is 0 Å². The van der Waals surface area contributed by atoms with Crippen LogP contribution in [-0.2, 0) is 0 Å². The maximum Gasteiger partial charge on any atom is 0.0672 e. The van der Waals surface area contributed by atoms with Gasteiger partial charge in [0.15, 0.2) is 0 Å². The minimum atomic E-state index is 0.248. The zero-order valence-corrected chi connectivity index (χ0v) is 12.6.